The molecule has 0 spiro atoms. The van der Waals surface area contributed by atoms with Crippen LogP contribution in [0.2, 0.25) is 0 Å². The quantitative estimate of drug-likeness (QED) is 0.808. The molecule has 0 fully saturated rings. The lowest BCUT2D eigenvalue weighted by Gasteiger charge is -2.20. The predicted molar refractivity (Wildman–Crippen MR) is 90.7 cm³/mol. The maximum Gasteiger partial charge on any atom is 0.223 e. The summed E-state index contributed by atoms with van der Waals surface area (Å²) in [5.41, 5.74) is 0.772. The molecule has 0 aliphatic carbocycles. The summed E-state index contributed by atoms with van der Waals surface area (Å²) in [6, 6.07) is 13.4. The average Bonchev–Trinajstić information content (AvgIpc) is 3.01. The van der Waals surface area contributed by atoms with Crippen molar-refractivity contribution in [1.29, 1.82) is 0 Å². The van der Waals surface area contributed by atoms with Crippen molar-refractivity contribution < 1.29 is 9.90 Å². The number of rotatable bonds is 7. The van der Waals surface area contributed by atoms with Crippen molar-refractivity contribution in [3.05, 3.63) is 58.3 Å². The van der Waals surface area contributed by atoms with Gasteiger partial charge in [-0.15, -0.1) is 11.3 Å². The highest BCUT2D eigenvalue weighted by molar-refractivity contribution is 7.10. The topological polar surface area (TPSA) is 49.3 Å². The summed E-state index contributed by atoms with van der Waals surface area (Å²) >= 11 is 1.65. The molecule has 1 aromatic carbocycles. The van der Waals surface area contributed by atoms with Gasteiger partial charge in [0.25, 0.3) is 0 Å². The molecule has 1 aromatic heterocycles. The minimum Gasteiger partial charge on any atom is -0.388 e. The van der Waals surface area contributed by atoms with Crippen molar-refractivity contribution in [2.75, 3.05) is 0 Å². The Morgan fingerprint density at radius 3 is 2.50 bits per heavy atom. The number of benzene rings is 1. The zero-order valence-corrected chi connectivity index (χ0v) is 13.8. The largest absolute Gasteiger partial charge is 0.388 e. The normalized spacial score (nSPS) is 13.8. The number of carbonyl (C=O) groups excluding carboxylic acids is 1. The van der Waals surface area contributed by atoms with Crippen molar-refractivity contribution in [3.8, 4) is 0 Å². The molecule has 0 aliphatic rings. The molecular weight excluding hydrogens is 294 g/mol. The van der Waals surface area contributed by atoms with E-state index in [1.807, 2.05) is 47.8 Å². The van der Waals surface area contributed by atoms with Crippen molar-refractivity contribution in [2.24, 2.45) is 5.92 Å². The van der Waals surface area contributed by atoms with E-state index < -0.39 is 6.10 Å². The van der Waals surface area contributed by atoms with Gasteiger partial charge >= 0.3 is 0 Å². The van der Waals surface area contributed by atoms with Gasteiger partial charge in [-0.25, -0.2) is 0 Å². The SMILES string of the molecule is CC(C)CC(NC(=O)CC(O)c1ccccc1)c1cccs1. The first-order valence-corrected chi connectivity index (χ1v) is 8.50. The van der Waals surface area contributed by atoms with Crippen molar-refractivity contribution >= 4 is 17.2 Å². The predicted octanol–water partition coefficient (Wildman–Crippen LogP) is 4.08. The van der Waals surface area contributed by atoms with Crippen molar-refractivity contribution in [2.45, 2.75) is 38.8 Å². The first-order valence-electron chi connectivity index (χ1n) is 7.62. The fourth-order valence-electron chi connectivity index (χ4n) is 2.43. The van der Waals surface area contributed by atoms with Gasteiger partial charge in [0.1, 0.15) is 0 Å². The van der Waals surface area contributed by atoms with Crippen LogP contribution in [0.1, 0.15) is 49.3 Å². The van der Waals surface area contributed by atoms with Gasteiger partial charge in [0.2, 0.25) is 5.91 Å². The zero-order valence-electron chi connectivity index (χ0n) is 13.0. The molecule has 118 valence electrons. The summed E-state index contributed by atoms with van der Waals surface area (Å²) in [6.45, 7) is 4.29. The number of hydrogen-bond donors (Lipinski definition) is 2. The van der Waals surface area contributed by atoms with E-state index in [2.05, 4.69) is 19.2 Å². The number of carbonyl (C=O) groups is 1. The number of nitrogens with one attached hydrogen (secondary N) is 1. The van der Waals surface area contributed by atoms with Crippen molar-refractivity contribution in [1.82, 2.24) is 5.32 Å². The molecule has 2 N–H and O–H groups in total. The monoisotopic (exact) mass is 317 g/mol. The number of thiophene rings is 1. The molecule has 2 atom stereocenters. The standard InChI is InChI=1S/C18H23NO2S/c1-13(2)11-15(17-9-6-10-22-17)19-18(21)12-16(20)14-7-4-3-5-8-14/h3-10,13,15-16,20H,11-12H2,1-2H3,(H,19,21). The van der Waals surface area contributed by atoms with Gasteiger partial charge in [0.05, 0.1) is 18.6 Å². The van der Waals surface area contributed by atoms with E-state index in [4.69, 9.17) is 0 Å². The van der Waals surface area contributed by atoms with Crippen LogP contribution in [0.4, 0.5) is 0 Å². The number of hydrogen-bond acceptors (Lipinski definition) is 3. The highest BCUT2D eigenvalue weighted by atomic mass is 32.1. The van der Waals surface area contributed by atoms with Gasteiger partial charge in [-0.05, 0) is 29.3 Å². The highest BCUT2D eigenvalue weighted by Gasteiger charge is 2.19. The van der Waals surface area contributed by atoms with Crippen LogP contribution in [0.15, 0.2) is 47.8 Å². The van der Waals surface area contributed by atoms with Gasteiger partial charge in [-0.1, -0.05) is 50.2 Å². The van der Waals surface area contributed by atoms with Gasteiger partial charge in [-0.3, -0.25) is 4.79 Å². The molecule has 1 amide bonds. The molecule has 0 saturated heterocycles. The number of amides is 1. The maximum atomic E-state index is 12.2. The van der Waals surface area contributed by atoms with Gasteiger partial charge in [0.15, 0.2) is 0 Å². The van der Waals surface area contributed by atoms with Crippen LogP contribution in [-0.2, 0) is 4.79 Å². The van der Waals surface area contributed by atoms with Crippen LogP contribution in [0, 0.1) is 5.92 Å². The van der Waals surface area contributed by atoms with Gasteiger partial charge in [-0.2, -0.15) is 0 Å². The van der Waals surface area contributed by atoms with E-state index in [1.165, 1.54) is 0 Å². The fourth-order valence-corrected chi connectivity index (χ4v) is 3.22. The Hall–Kier alpha value is -1.65. The van der Waals surface area contributed by atoms with Crippen LogP contribution in [0.5, 0.6) is 0 Å². The van der Waals surface area contributed by atoms with Gasteiger partial charge in [0, 0.05) is 4.88 Å². The molecule has 0 saturated carbocycles. The van der Waals surface area contributed by atoms with E-state index in [-0.39, 0.29) is 18.4 Å². The number of aliphatic hydroxyl groups excluding tert-OH is 1. The van der Waals surface area contributed by atoms with Crippen LogP contribution < -0.4 is 5.32 Å². The Morgan fingerprint density at radius 2 is 1.91 bits per heavy atom. The second-order valence-electron chi connectivity index (χ2n) is 5.90. The van der Waals surface area contributed by atoms with Crippen molar-refractivity contribution in [3.63, 3.8) is 0 Å². The third-order valence-electron chi connectivity index (χ3n) is 3.49. The molecular formula is C18H23NO2S. The Morgan fingerprint density at radius 1 is 1.18 bits per heavy atom. The molecule has 3 nitrogen and oxygen atoms in total. The lowest BCUT2D eigenvalue weighted by Crippen LogP contribution is -2.30. The molecule has 0 radical (unpaired) electrons. The Labute approximate surface area is 136 Å². The Balaban J connectivity index is 1.96. The second kappa shape index (κ2) is 8.11. The Kier molecular flexibility index (Phi) is 6.16. The molecule has 2 unspecified atom stereocenters. The van der Waals surface area contributed by atoms with Crippen LogP contribution in [0.3, 0.4) is 0 Å². The molecule has 2 rings (SSSR count). The minimum absolute atomic E-state index is 0.0236. The van der Waals surface area contributed by atoms with Gasteiger partial charge < -0.3 is 10.4 Å². The minimum atomic E-state index is -0.760. The Bertz CT molecular complexity index is 566. The van der Waals surface area contributed by atoms with E-state index >= 15 is 0 Å². The lowest BCUT2D eigenvalue weighted by atomic mass is 10.0. The maximum absolute atomic E-state index is 12.2. The molecule has 0 bridgehead atoms. The van der Waals surface area contributed by atoms with Crippen LogP contribution in [-0.4, -0.2) is 11.0 Å². The van der Waals surface area contributed by atoms with Crippen LogP contribution >= 0.6 is 11.3 Å². The molecule has 0 aliphatic heterocycles. The summed E-state index contributed by atoms with van der Waals surface area (Å²) in [5.74, 6) is 0.377. The first kappa shape index (κ1) is 16.7. The molecule has 2 aromatic rings. The molecule has 4 heteroatoms. The zero-order chi connectivity index (χ0) is 15.9. The smallest absolute Gasteiger partial charge is 0.223 e. The van der Waals surface area contributed by atoms with E-state index in [1.54, 1.807) is 11.3 Å². The summed E-state index contributed by atoms with van der Waals surface area (Å²) in [6.07, 6.45) is 0.224. The summed E-state index contributed by atoms with van der Waals surface area (Å²) in [4.78, 5) is 13.4. The summed E-state index contributed by atoms with van der Waals surface area (Å²) < 4.78 is 0. The molecule has 1 heterocycles. The summed E-state index contributed by atoms with van der Waals surface area (Å²) in [5, 5.41) is 15.2. The van der Waals surface area contributed by atoms with E-state index in [9.17, 15) is 9.90 Å². The van der Waals surface area contributed by atoms with E-state index in [0.29, 0.717) is 5.92 Å². The third kappa shape index (κ3) is 4.97. The third-order valence-corrected chi connectivity index (χ3v) is 4.48. The fraction of sp³-hybridized carbons (Fsp3) is 0.389. The average molecular weight is 317 g/mol. The lowest BCUT2D eigenvalue weighted by molar-refractivity contribution is -0.123. The second-order valence-corrected chi connectivity index (χ2v) is 6.87. The number of aliphatic hydroxyl groups is 1. The first-order chi connectivity index (χ1) is 10.6. The van der Waals surface area contributed by atoms with E-state index in [0.717, 1.165) is 16.9 Å². The highest BCUT2D eigenvalue weighted by Crippen LogP contribution is 2.26. The molecule has 22 heavy (non-hydrogen) atoms. The summed E-state index contributed by atoms with van der Waals surface area (Å²) in [7, 11) is 0. The van der Waals surface area contributed by atoms with Crippen LogP contribution in [0.25, 0.3) is 0 Å².